The van der Waals surface area contributed by atoms with Gasteiger partial charge in [-0.2, -0.15) is 0 Å². The summed E-state index contributed by atoms with van der Waals surface area (Å²) in [5.74, 6) is 0.681. The summed E-state index contributed by atoms with van der Waals surface area (Å²) in [6.45, 7) is 3.27. The lowest BCUT2D eigenvalue weighted by atomic mass is 10.3. The van der Waals surface area contributed by atoms with E-state index in [0.29, 0.717) is 31.2 Å². The first-order chi connectivity index (χ1) is 11.2. The standard InChI is InChI=1S/C17H21N3O3/c1-13-5-3-7-15(19-13)12-18-17(21)20-14-6-4-8-16(11-14)23-10-9-22-2/h3-8,11H,9-10,12H2,1-2H3,(H2,18,20,21). The van der Waals surface area contributed by atoms with Crippen LogP contribution in [0.1, 0.15) is 11.4 Å². The molecule has 2 rings (SSSR count). The monoisotopic (exact) mass is 315 g/mol. The molecular formula is C17H21N3O3. The maximum absolute atomic E-state index is 11.9. The maximum atomic E-state index is 11.9. The van der Waals surface area contributed by atoms with Crippen molar-refractivity contribution in [1.29, 1.82) is 0 Å². The molecule has 0 unspecified atom stereocenters. The lowest BCUT2D eigenvalue weighted by Crippen LogP contribution is -2.28. The number of ether oxygens (including phenoxy) is 2. The number of pyridine rings is 1. The molecule has 23 heavy (non-hydrogen) atoms. The van der Waals surface area contributed by atoms with Crippen molar-refractivity contribution in [2.45, 2.75) is 13.5 Å². The van der Waals surface area contributed by atoms with Crippen molar-refractivity contribution in [2.75, 3.05) is 25.6 Å². The first kappa shape index (κ1) is 16.8. The van der Waals surface area contributed by atoms with Gasteiger partial charge in [0.15, 0.2) is 0 Å². The van der Waals surface area contributed by atoms with Gasteiger partial charge in [-0.3, -0.25) is 4.98 Å². The Morgan fingerprint density at radius 3 is 2.78 bits per heavy atom. The van der Waals surface area contributed by atoms with Gasteiger partial charge in [0.05, 0.1) is 18.8 Å². The highest BCUT2D eigenvalue weighted by Gasteiger charge is 2.04. The molecule has 0 fully saturated rings. The van der Waals surface area contributed by atoms with Crippen molar-refractivity contribution in [3.63, 3.8) is 0 Å². The average Bonchev–Trinajstić information content (AvgIpc) is 2.54. The van der Waals surface area contributed by atoms with Crippen molar-refractivity contribution in [3.05, 3.63) is 53.9 Å². The van der Waals surface area contributed by atoms with E-state index >= 15 is 0 Å². The molecule has 1 aromatic carbocycles. The number of methoxy groups -OCH3 is 1. The highest BCUT2D eigenvalue weighted by molar-refractivity contribution is 5.89. The molecular weight excluding hydrogens is 294 g/mol. The Morgan fingerprint density at radius 2 is 2.00 bits per heavy atom. The number of urea groups is 1. The summed E-state index contributed by atoms with van der Waals surface area (Å²) in [5, 5.41) is 5.54. The van der Waals surface area contributed by atoms with E-state index in [9.17, 15) is 4.79 Å². The molecule has 2 amide bonds. The summed E-state index contributed by atoms with van der Waals surface area (Å²) < 4.78 is 10.4. The van der Waals surface area contributed by atoms with E-state index < -0.39 is 0 Å². The molecule has 6 heteroatoms. The Bertz CT molecular complexity index is 646. The minimum Gasteiger partial charge on any atom is -0.491 e. The van der Waals surface area contributed by atoms with Crippen molar-refractivity contribution in [3.8, 4) is 5.75 Å². The van der Waals surface area contributed by atoms with E-state index in [1.54, 1.807) is 19.2 Å². The van der Waals surface area contributed by atoms with Gasteiger partial charge >= 0.3 is 6.03 Å². The lowest BCUT2D eigenvalue weighted by Gasteiger charge is -2.10. The second kappa shape index (κ2) is 8.75. The van der Waals surface area contributed by atoms with Crippen LogP contribution in [0.5, 0.6) is 5.75 Å². The number of amides is 2. The number of anilines is 1. The summed E-state index contributed by atoms with van der Waals surface area (Å²) in [6, 6.07) is 12.6. The summed E-state index contributed by atoms with van der Waals surface area (Å²) in [7, 11) is 1.62. The van der Waals surface area contributed by atoms with Gasteiger partial charge in [-0.25, -0.2) is 4.79 Å². The quantitative estimate of drug-likeness (QED) is 0.771. The number of carbonyl (C=O) groups is 1. The largest absolute Gasteiger partial charge is 0.491 e. The molecule has 0 aliphatic rings. The molecule has 0 saturated carbocycles. The summed E-state index contributed by atoms with van der Waals surface area (Å²) in [5.41, 5.74) is 2.40. The minimum atomic E-state index is -0.289. The van der Waals surface area contributed by atoms with Gasteiger partial charge in [0.1, 0.15) is 12.4 Å². The minimum absolute atomic E-state index is 0.289. The Balaban J connectivity index is 1.83. The number of hydrogen-bond donors (Lipinski definition) is 2. The molecule has 2 N–H and O–H groups in total. The predicted molar refractivity (Wildman–Crippen MR) is 88.6 cm³/mol. The number of carbonyl (C=O) groups excluding carboxylic acids is 1. The molecule has 2 aromatic rings. The number of benzene rings is 1. The number of aromatic nitrogens is 1. The van der Waals surface area contributed by atoms with Crippen LogP contribution in [0.25, 0.3) is 0 Å². The fourth-order valence-corrected chi connectivity index (χ4v) is 1.95. The van der Waals surface area contributed by atoms with Crippen LogP contribution in [0.3, 0.4) is 0 Å². The molecule has 0 spiro atoms. The van der Waals surface area contributed by atoms with Crippen molar-refractivity contribution in [2.24, 2.45) is 0 Å². The van der Waals surface area contributed by atoms with Gasteiger partial charge in [0, 0.05) is 24.6 Å². The van der Waals surface area contributed by atoms with Crippen LogP contribution in [0, 0.1) is 6.92 Å². The van der Waals surface area contributed by atoms with Crippen molar-refractivity contribution in [1.82, 2.24) is 10.3 Å². The van der Waals surface area contributed by atoms with E-state index in [1.165, 1.54) is 0 Å². The van der Waals surface area contributed by atoms with E-state index in [1.807, 2.05) is 37.3 Å². The van der Waals surface area contributed by atoms with Gasteiger partial charge in [-0.1, -0.05) is 12.1 Å². The smallest absolute Gasteiger partial charge is 0.319 e. The zero-order chi connectivity index (χ0) is 16.5. The van der Waals surface area contributed by atoms with Gasteiger partial charge in [-0.15, -0.1) is 0 Å². The average molecular weight is 315 g/mol. The van der Waals surface area contributed by atoms with Crippen molar-refractivity contribution >= 4 is 11.7 Å². The zero-order valence-corrected chi connectivity index (χ0v) is 13.3. The Hall–Kier alpha value is -2.60. The van der Waals surface area contributed by atoms with Gasteiger partial charge in [0.2, 0.25) is 0 Å². The van der Waals surface area contributed by atoms with Crippen LogP contribution in [0.4, 0.5) is 10.5 Å². The Morgan fingerprint density at radius 1 is 1.17 bits per heavy atom. The molecule has 0 radical (unpaired) electrons. The fourth-order valence-electron chi connectivity index (χ4n) is 1.95. The third kappa shape index (κ3) is 5.96. The second-order valence-electron chi connectivity index (χ2n) is 4.95. The van der Waals surface area contributed by atoms with Crippen LogP contribution in [-0.4, -0.2) is 31.3 Å². The van der Waals surface area contributed by atoms with E-state index in [4.69, 9.17) is 9.47 Å². The lowest BCUT2D eigenvalue weighted by molar-refractivity contribution is 0.146. The van der Waals surface area contributed by atoms with E-state index in [0.717, 1.165) is 11.4 Å². The second-order valence-corrected chi connectivity index (χ2v) is 4.95. The predicted octanol–water partition coefficient (Wildman–Crippen LogP) is 2.74. The van der Waals surface area contributed by atoms with Crippen LogP contribution >= 0.6 is 0 Å². The van der Waals surface area contributed by atoms with Crippen LogP contribution in [0.15, 0.2) is 42.5 Å². The Labute approximate surface area is 135 Å². The zero-order valence-electron chi connectivity index (χ0n) is 13.3. The molecule has 0 aliphatic carbocycles. The van der Waals surface area contributed by atoms with E-state index in [-0.39, 0.29) is 6.03 Å². The fraction of sp³-hybridized carbons (Fsp3) is 0.294. The van der Waals surface area contributed by atoms with Gasteiger partial charge in [-0.05, 0) is 31.2 Å². The number of rotatable bonds is 7. The number of aryl methyl sites for hydroxylation is 1. The normalized spacial score (nSPS) is 10.2. The molecule has 1 heterocycles. The first-order valence-corrected chi connectivity index (χ1v) is 7.36. The van der Waals surface area contributed by atoms with Crippen LogP contribution in [0.2, 0.25) is 0 Å². The summed E-state index contributed by atoms with van der Waals surface area (Å²) in [6.07, 6.45) is 0. The maximum Gasteiger partial charge on any atom is 0.319 e. The molecule has 122 valence electrons. The van der Waals surface area contributed by atoms with E-state index in [2.05, 4.69) is 15.6 Å². The van der Waals surface area contributed by atoms with Gasteiger partial charge < -0.3 is 20.1 Å². The number of nitrogens with zero attached hydrogens (tertiary/aromatic N) is 1. The number of nitrogens with one attached hydrogen (secondary N) is 2. The Kier molecular flexibility index (Phi) is 6.38. The molecule has 0 aliphatic heterocycles. The highest BCUT2D eigenvalue weighted by atomic mass is 16.5. The highest BCUT2D eigenvalue weighted by Crippen LogP contribution is 2.17. The summed E-state index contributed by atoms with van der Waals surface area (Å²) in [4.78, 5) is 16.3. The summed E-state index contributed by atoms with van der Waals surface area (Å²) >= 11 is 0. The molecule has 6 nitrogen and oxygen atoms in total. The van der Waals surface area contributed by atoms with Crippen LogP contribution < -0.4 is 15.4 Å². The SMILES string of the molecule is COCCOc1cccc(NC(=O)NCc2cccc(C)n2)c1. The molecule has 0 saturated heterocycles. The van der Waals surface area contributed by atoms with Gasteiger partial charge in [0.25, 0.3) is 0 Å². The topological polar surface area (TPSA) is 72.5 Å². The molecule has 0 atom stereocenters. The van der Waals surface area contributed by atoms with Crippen LogP contribution in [-0.2, 0) is 11.3 Å². The third-order valence-corrected chi connectivity index (χ3v) is 3.02. The molecule has 0 bridgehead atoms. The number of hydrogen-bond acceptors (Lipinski definition) is 4. The molecule has 1 aromatic heterocycles. The third-order valence-electron chi connectivity index (χ3n) is 3.02. The van der Waals surface area contributed by atoms with Crippen molar-refractivity contribution < 1.29 is 14.3 Å². The first-order valence-electron chi connectivity index (χ1n) is 7.36.